The van der Waals surface area contributed by atoms with Crippen LogP contribution in [0.2, 0.25) is 0 Å². The molecule has 3 heterocycles. The summed E-state index contributed by atoms with van der Waals surface area (Å²) in [5.41, 5.74) is -1.24. The molecule has 9 heteroatoms. The van der Waals surface area contributed by atoms with Gasteiger partial charge in [-0.15, -0.1) is 13.2 Å². The third kappa shape index (κ3) is 5.74. The van der Waals surface area contributed by atoms with E-state index in [9.17, 15) is 19.5 Å². The molecule has 3 saturated heterocycles. The fraction of sp³-hybridized carbons (Fsp3) is 0.618. The molecule has 3 fully saturated rings. The number of hydrogen-bond donors (Lipinski definition) is 1. The van der Waals surface area contributed by atoms with Crippen LogP contribution in [0.4, 0.5) is 5.69 Å². The zero-order valence-corrected chi connectivity index (χ0v) is 26.3. The second-order valence-electron chi connectivity index (χ2n) is 12.2. The normalized spacial score (nSPS) is 27.3. The van der Waals surface area contributed by atoms with E-state index in [0.717, 1.165) is 6.42 Å². The highest BCUT2D eigenvalue weighted by molar-refractivity contribution is 6.03. The molecule has 0 radical (unpaired) electrons. The Balaban J connectivity index is 1.77. The van der Waals surface area contributed by atoms with Crippen LogP contribution in [0.3, 0.4) is 0 Å². The lowest BCUT2D eigenvalue weighted by atomic mass is 9.64. The van der Waals surface area contributed by atoms with Crippen molar-refractivity contribution < 1.29 is 29.0 Å². The topological polar surface area (TPSA) is 99.6 Å². The molecule has 0 saturated carbocycles. The Kier molecular flexibility index (Phi) is 10.4. The number of anilines is 1. The van der Waals surface area contributed by atoms with Crippen LogP contribution in [-0.4, -0.2) is 88.8 Å². The Morgan fingerprint density at radius 2 is 1.79 bits per heavy atom. The number of likely N-dealkylation sites (tertiary alicyclic amines) is 1. The lowest BCUT2D eigenvalue weighted by molar-refractivity contribution is -0.153. The zero-order valence-electron chi connectivity index (χ0n) is 26.3. The molecule has 43 heavy (non-hydrogen) atoms. The van der Waals surface area contributed by atoms with Gasteiger partial charge in [-0.05, 0) is 83.6 Å². The Hall–Kier alpha value is -3.17. The molecule has 1 N–H and O–H groups in total. The number of carbonyl (C=O) groups excluding carboxylic acids is 3. The maximum absolute atomic E-state index is 14.7. The summed E-state index contributed by atoms with van der Waals surface area (Å²) in [5.74, 6) is -1.34. The number of ether oxygens (including phenoxy) is 2. The first-order valence-corrected chi connectivity index (χ1v) is 15.8. The smallest absolute Gasteiger partial charge is 0.248 e. The molecule has 1 aromatic carbocycles. The largest absolute Gasteiger partial charge is 0.494 e. The SMILES string of the molecule is C=CCN(C(=O)[C@@H]1[C@H]2C(=O)N(CCCCCO)C(C(=O)N(CC=C)C(C)C)C23CC[C@@]1(CC)O3)c1ccc(OCC)cc1. The minimum Gasteiger partial charge on any atom is -0.494 e. The molecule has 4 rings (SSSR count). The monoisotopic (exact) mass is 595 g/mol. The highest BCUT2D eigenvalue weighted by Gasteiger charge is 2.79. The molecule has 3 aliphatic heterocycles. The van der Waals surface area contributed by atoms with Gasteiger partial charge in [0.05, 0.1) is 24.0 Å². The molecule has 0 aromatic heterocycles. The van der Waals surface area contributed by atoms with Gasteiger partial charge in [-0.25, -0.2) is 0 Å². The van der Waals surface area contributed by atoms with Crippen molar-refractivity contribution in [2.24, 2.45) is 11.8 Å². The first kappa shape index (κ1) is 32.7. The third-order valence-corrected chi connectivity index (χ3v) is 9.51. The van der Waals surface area contributed by atoms with E-state index in [0.29, 0.717) is 63.2 Å². The summed E-state index contributed by atoms with van der Waals surface area (Å²) in [4.78, 5) is 48.7. The number of benzene rings is 1. The standard InChI is InChI=1S/C34H49N3O6/c1-7-20-35(24(5)6)32(41)29-34-19-18-33(9-3,43-34)27(28(34)31(40)37(29)22-12-11-13-23-38)30(39)36(21-8-2)25-14-16-26(17-15-25)42-10-4/h7-8,14-17,24,27-29,38H,1-2,9-13,18-23H2,3-6H3/t27-,28-,29?,33+,34?/m0/s1. The van der Waals surface area contributed by atoms with Gasteiger partial charge in [-0.1, -0.05) is 19.1 Å². The van der Waals surface area contributed by atoms with Gasteiger partial charge in [0.15, 0.2) is 0 Å². The minimum atomic E-state index is -1.09. The van der Waals surface area contributed by atoms with Crippen molar-refractivity contribution in [2.45, 2.75) is 89.5 Å². The van der Waals surface area contributed by atoms with Gasteiger partial charge in [-0.2, -0.15) is 0 Å². The molecular formula is C34H49N3O6. The lowest BCUT2D eigenvalue weighted by Gasteiger charge is -2.38. The fourth-order valence-electron chi connectivity index (χ4n) is 7.54. The number of rotatable bonds is 16. The van der Waals surface area contributed by atoms with Gasteiger partial charge in [-0.3, -0.25) is 14.4 Å². The molecule has 236 valence electrons. The highest BCUT2D eigenvalue weighted by Crippen LogP contribution is 2.64. The number of unbranched alkanes of at least 4 members (excludes halogenated alkanes) is 2. The summed E-state index contributed by atoms with van der Waals surface area (Å²) in [6.45, 7) is 17.2. The van der Waals surface area contributed by atoms with Gasteiger partial charge < -0.3 is 29.3 Å². The molecule has 9 nitrogen and oxygen atoms in total. The van der Waals surface area contributed by atoms with Crippen molar-refractivity contribution >= 4 is 23.4 Å². The molecule has 5 atom stereocenters. The summed E-state index contributed by atoms with van der Waals surface area (Å²) in [6, 6.07) is 6.43. The van der Waals surface area contributed by atoms with E-state index >= 15 is 0 Å². The van der Waals surface area contributed by atoms with Crippen LogP contribution in [0, 0.1) is 11.8 Å². The van der Waals surface area contributed by atoms with E-state index in [1.807, 2.05) is 52.0 Å². The number of nitrogens with zero attached hydrogens (tertiary/aromatic N) is 3. The molecule has 3 aliphatic rings. The van der Waals surface area contributed by atoms with Gasteiger partial charge in [0.25, 0.3) is 0 Å². The fourth-order valence-corrected chi connectivity index (χ4v) is 7.54. The van der Waals surface area contributed by atoms with Crippen LogP contribution in [0.15, 0.2) is 49.6 Å². The van der Waals surface area contributed by atoms with Crippen LogP contribution >= 0.6 is 0 Å². The minimum absolute atomic E-state index is 0.0761. The third-order valence-electron chi connectivity index (χ3n) is 9.51. The summed E-state index contributed by atoms with van der Waals surface area (Å²) in [6.07, 6.45) is 7.07. The average Bonchev–Trinajstić information content (AvgIpc) is 3.60. The first-order chi connectivity index (χ1) is 20.7. The van der Waals surface area contributed by atoms with Gasteiger partial charge in [0.2, 0.25) is 17.7 Å². The molecule has 3 amide bonds. The second-order valence-corrected chi connectivity index (χ2v) is 12.2. The van der Waals surface area contributed by atoms with E-state index in [4.69, 9.17) is 9.47 Å². The number of amides is 3. The zero-order chi connectivity index (χ0) is 31.4. The maximum Gasteiger partial charge on any atom is 0.248 e. The number of fused-ring (bicyclic) bond motifs is 1. The van der Waals surface area contributed by atoms with E-state index in [1.165, 1.54) is 0 Å². The van der Waals surface area contributed by atoms with Gasteiger partial charge >= 0.3 is 0 Å². The number of hydrogen-bond acceptors (Lipinski definition) is 6. The Labute approximate surface area is 256 Å². The maximum atomic E-state index is 14.7. The van der Waals surface area contributed by atoms with E-state index in [1.54, 1.807) is 26.9 Å². The predicted octanol–water partition coefficient (Wildman–Crippen LogP) is 4.34. The van der Waals surface area contributed by atoms with E-state index in [-0.39, 0.29) is 36.9 Å². The van der Waals surface area contributed by atoms with Crippen molar-refractivity contribution in [3.63, 3.8) is 0 Å². The van der Waals surface area contributed by atoms with E-state index in [2.05, 4.69) is 13.2 Å². The molecule has 1 aromatic rings. The summed E-state index contributed by atoms with van der Waals surface area (Å²) >= 11 is 0. The lowest BCUT2D eigenvalue weighted by Crippen LogP contribution is -2.57. The van der Waals surface area contributed by atoms with E-state index < -0.39 is 29.1 Å². The number of aliphatic hydroxyl groups is 1. The van der Waals surface area contributed by atoms with Crippen LogP contribution in [0.25, 0.3) is 0 Å². The molecule has 2 unspecified atom stereocenters. The molecule has 0 aliphatic carbocycles. The average molecular weight is 596 g/mol. The van der Waals surface area contributed by atoms with Gasteiger partial charge in [0.1, 0.15) is 17.4 Å². The van der Waals surface area contributed by atoms with Crippen molar-refractivity contribution in [1.82, 2.24) is 9.80 Å². The predicted molar refractivity (Wildman–Crippen MR) is 167 cm³/mol. The first-order valence-electron chi connectivity index (χ1n) is 15.8. The van der Waals surface area contributed by atoms with Crippen molar-refractivity contribution in [3.05, 3.63) is 49.6 Å². The van der Waals surface area contributed by atoms with Gasteiger partial charge in [0, 0.05) is 38.0 Å². The number of aliphatic hydroxyl groups excluding tert-OH is 1. The van der Waals surface area contributed by atoms with Crippen LogP contribution in [-0.2, 0) is 19.1 Å². The highest BCUT2D eigenvalue weighted by atomic mass is 16.5. The van der Waals surface area contributed by atoms with Crippen LogP contribution in [0.1, 0.15) is 66.2 Å². The summed E-state index contributed by atoms with van der Waals surface area (Å²) in [7, 11) is 0. The van der Waals surface area contributed by atoms with Crippen molar-refractivity contribution in [2.75, 3.05) is 37.7 Å². The second kappa shape index (κ2) is 13.6. The summed E-state index contributed by atoms with van der Waals surface area (Å²) < 4.78 is 12.6. The molecule has 1 spiro atoms. The molecular weight excluding hydrogens is 546 g/mol. The summed E-state index contributed by atoms with van der Waals surface area (Å²) in [5, 5.41) is 9.32. The Bertz CT molecular complexity index is 1190. The van der Waals surface area contributed by atoms with Crippen LogP contribution < -0.4 is 9.64 Å². The molecule has 2 bridgehead atoms. The van der Waals surface area contributed by atoms with Crippen molar-refractivity contribution in [3.8, 4) is 5.75 Å². The number of carbonyl (C=O) groups is 3. The van der Waals surface area contributed by atoms with Crippen molar-refractivity contribution in [1.29, 1.82) is 0 Å². The van der Waals surface area contributed by atoms with Crippen LogP contribution in [0.5, 0.6) is 5.75 Å². The Morgan fingerprint density at radius 1 is 1.09 bits per heavy atom. The quantitative estimate of drug-likeness (QED) is 0.226. The Morgan fingerprint density at radius 3 is 2.37 bits per heavy atom.